The third kappa shape index (κ3) is 3.32. The van der Waals surface area contributed by atoms with Crippen LogP contribution in [0.4, 0.5) is 0 Å². The molecular formula is C10H15NO2. The second kappa shape index (κ2) is 4.70. The first-order chi connectivity index (χ1) is 6.22. The van der Waals surface area contributed by atoms with Crippen molar-refractivity contribution in [2.24, 2.45) is 0 Å². The normalized spacial score (nSPS) is 15.5. The standard InChI is InChI=1S/C10H15NO2/c1-3-13-10(12)8-9-4-6-11(2)7-5-9/h4-6H,3,7-8H2,1-2H3. The number of allylic oxidation sites excluding steroid dienone is 1. The molecule has 1 aliphatic heterocycles. The highest BCUT2D eigenvalue weighted by Gasteiger charge is 2.06. The molecule has 0 saturated heterocycles. The average molecular weight is 181 g/mol. The predicted octanol–water partition coefficient (Wildman–Crippen LogP) is 1.33. The number of rotatable bonds is 3. The van der Waals surface area contributed by atoms with Gasteiger partial charge in [-0.3, -0.25) is 4.79 Å². The monoisotopic (exact) mass is 181 g/mol. The van der Waals surface area contributed by atoms with Crippen LogP contribution in [0, 0.1) is 0 Å². The first kappa shape index (κ1) is 9.84. The van der Waals surface area contributed by atoms with Crippen LogP contribution in [0.3, 0.4) is 0 Å². The summed E-state index contributed by atoms with van der Waals surface area (Å²) in [6, 6.07) is 0. The Morgan fingerprint density at radius 3 is 3.00 bits per heavy atom. The number of hydrogen-bond donors (Lipinski definition) is 0. The number of carbonyl (C=O) groups is 1. The molecule has 3 nitrogen and oxygen atoms in total. The number of ether oxygens (including phenoxy) is 1. The van der Waals surface area contributed by atoms with Crippen molar-refractivity contribution < 1.29 is 9.53 Å². The Hall–Kier alpha value is -1.25. The van der Waals surface area contributed by atoms with Crippen LogP contribution >= 0.6 is 0 Å². The minimum Gasteiger partial charge on any atom is -0.466 e. The van der Waals surface area contributed by atoms with Gasteiger partial charge >= 0.3 is 5.97 Å². The zero-order chi connectivity index (χ0) is 9.68. The topological polar surface area (TPSA) is 29.5 Å². The van der Waals surface area contributed by atoms with E-state index in [1.807, 2.05) is 32.3 Å². The quantitative estimate of drug-likeness (QED) is 0.615. The van der Waals surface area contributed by atoms with E-state index in [1.54, 1.807) is 0 Å². The van der Waals surface area contributed by atoms with Crippen LogP contribution in [-0.2, 0) is 9.53 Å². The molecule has 0 amide bonds. The first-order valence-corrected chi connectivity index (χ1v) is 4.45. The van der Waals surface area contributed by atoms with Crippen molar-refractivity contribution in [1.82, 2.24) is 4.90 Å². The fourth-order valence-electron chi connectivity index (χ4n) is 1.12. The molecule has 1 aliphatic rings. The molecule has 1 heterocycles. The third-order valence-corrected chi connectivity index (χ3v) is 1.84. The fourth-order valence-corrected chi connectivity index (χ4v) is 1.12. The van der Waals surface area contributed by atoms with Gasteiger partial charge in [0.05, 0.1) is 13.0 Å². The molecule has 0 bridgehead atoms. The molecule has 0 fully saturated rings. The van der Waals surface area contributed by atoms with Gasteiger partial charge in [-0.25, -0.2) is 0 Å². The van der Waals surface area contributed by atoms with E-state index in [0.717, 1.165) is 12.1 Å². The summed E-state index contributed by atoms with van der Waals surface area (Å²) < 4.78 is 4.84. The van der Waals surface area contributed by atoms with Crippen molar-refractivity contribution in [3.05, 3.63) is 23.9 Å². The minimum absolute atomic E-state index is 0.150. The molecule has 13 heavy (non-hydrogen) atoms. The lowest BCUT2D eigenvalue weighted by Gasteiger charge is -2.16. The highest BCUT2D eigenvalue weighted by atomic mass is 16.5. The summed E-state index contributed by atoms with van der Waals surface area (Å²) in [5, 5.41) is 0. The van der Waals surface area contributed by atoms with Gasteiger partial charge in [-0.2, -0.15) is 0 Å². The number of likely N-dealkylation sites (N-methyl/N-ethyl adjacent to an activating group) is 1. The maximum absolute atomic E-state index is 11.1. The predicted molar refractivity (Wildman–Crippen MR) is 51.1 cm³/mol. The van der Waals surface area contributed by atoms with Crippen LogP contribution in [0.2, 0.25) is 0 Å². The smallest absolute Gasteiger partial charge is 0.310 e. The fraction of sp³-hybridized carbons (Fsp3) is 0.500. The van der Waals surface area contributed by atoms with E-state index in [-0.39, 0.29) is 5.97 Å². The van der Waals surface area contributed by atoms with E-state index in [1.165, 1.54) is 0 Å². The summed E-state index contributed by atoms with van der Waals surface area (Å²) in [5.41, 5.74) is 1.04. The zero-order valence-electron chi connectivity index (χ0n) is 8.12. The van der Waals surface area contributed by atoms with Gasteiger partial charge < -0.3 is 9.64 Å². The molecule has 0 unspecified atom stereocenters. The van der Waals surface area contributed by atoms with E-state index >= 15 is 0 Å². The lowest BCUT2D eigenvalue weighted by atomic mass is 10.1. The molecule has 0 aromatic heterocycles. The number of carbonyl (C=O) groups excluding carboxylic acids is 1. The Labute approximate surface area is 78.7 Å². The van der Waals surface area contributed by atoms with Gasteiger partial charge in [-0.05, 0) is 24.8 Å². The molecule has 72 valence electrons. The van der Waals surface area contributed by atoms with Crippen molar-refractivity contribution in [2.45, 2.75) is 13.3 Å². The Morgan fingerprint density at radius 2 is 2.46 bits per heavy atom. The molecule has 0 aliphatic carbocycles. The maximum Gasteiger partial charge on any atom is 0.310 e. The summed E-state index contributed by atoms with van der Waals surface area (Å²) in [4.78, 5) is 13.1. The minimum atomic E-state index is -0.150. The van der Waals surface area contributed by atoms with Crippen molar-refractivity contribution in [1.29, 1.82) is 0 Å². The molecule has 0 spiro atoms. The second-order valence-electron chi connectivity index (χ2n) is 3.02. The SMILES string of the molecule is CCOC(=O)CC1=CCN(C)C=C1. The Balaban J connectivity index is 2.38. The van der Waals surface area contributed by atoms with Crippen LogP contribution in [0.25, 0.3) is 0 Å². The number of hydrogen-bond acceptors (Lipinski definition) is 3. The molecule has 1 rings (SSSR count). The van der Waals surface area contributed by atoms with Crippen molar-refractivity contribution >= 4 is 5.97 Å². The summed E-state index contributed by atoms with van der Waals surface area (Å²) in [7, 11) is 1.99. The molecule has 0 aromatic carbocycles. The molecular weight excluding hydrogens is 166 g/mol. The molecule has 0 aromatic rings. The summed E-state index contributed by atoms with van der Waals surface area (Å²) in [5.74, 6) is -0.150. The van der Waals surface area contributed by atoms with Crippen LogP contribution in [0.15, 0.2) is 23.9 Å². The lowest BCUT2D eigenvalue weighted by molar-refractivity contribution is -0.142. The van der Waals surface area contributed by atoms with Gasteiger partial charge in [-0.15, -0.1) is 0 Å². The van der Waals surface area contributed by atoms with Gasteiger partial charge in [0.25, 0.3) is 0 Å². The Kier molecular flexibility index (Phi) is 3.55. The first-order valence-electron chi connectivity index (χ1n) is 4.45. The largest absolute Gasteiger partial charge is 0.466 e. The van der Waals surface area contributed by atoms with Gasteiger partial charge in [0, 0.05) is 13.6 Å². The Morgan fingerprint density at radius 1 is 1.69 bits per heavy atom. The van der Waals surface area contributed by atoms with Crippen LogP contribution < -0.4 is 0 Å². The van der Waals surface area contributed by atoms with Crippen molar-refractivity contribution in [2.75, 3.05) is 20.2 Å². The van der Waals surface area contributed by atoms with E-state index in [9.17, 15) is 4.79 Å². The highest BCUT2D eigenvalue weighted by molar-refractivity contribution is 5.73. The average Bonchev–Trinajstić information content (AvgIpc) is 2.09. The van der Waals surface area contributed by atoms with E-state index in [4.69, 9.17) is 4.74 Å². The number of esters is 1. The number of nitrogens with zero attached hydrogens (tertiary/aromatic N) is 1. The summed E-state index contributed by atoms with van der Waals surface area (Å²) >= 11 is 0. The molecule has 0 N–H and O–H groups in total. The molecule has 0 radical (unpaired) electrons. The van der Waals surface area contributed by atoms with Crippen LogP contribution in [0.1, 0.15) is 13.3 Å². The summed E-state index contributed by atoms with van der Waals surface area (Å²) in [6.07, 6.45) is 6.34. The Bertz CT molecular complexity index is 243. The van der Waals surface area contributed by atoms with E-state index in [2.05, 4.69) is 4.90 Å². The molecule has 0 saturated carbocycles. The highest BCUT2D eigenvalue weighted by Crippen LogP contribution is 2.09. The van der Waals surface area contributed by atoms with Crippen molar-refractivity contribution in [3.63, 3.8) is 0 Å². The van der Waals surface area contributed by atoms with Crippen molar-refractivity contribution in [3.8, 4) is 0 Å². The second-order valence-corrected chi connectivity index (χ2v) is 3.02. The zero-order valence-corrected chi connectivity index (χ0v) is 8.12. The summed E-state index contributed by atoms with van der Waals surface area (Å²) in [6.45, 7) is 3.14. The molecule has 3 heteroatoms. The van der Waals surface area contributed by atoms with Crippen LogP contribution in [0.5, 0.6) is 0 Å². The lowest BCUT2D eigenvalue weighted by Crippen LogP contribution is -2.15. The van der Waals surface area contributed by atoms with Gasteiger partial charge in [-0.1, -0.05) is 6.08 Å². The maximum atomic E-state index is 11.1. The third-order valence-electron chi connectivity index (χ3n) is 1.84. The van der Waals surface area contributed by atoms with E-state index < -0.39 is 0 Å². The van der Waals surface area contributed by atoms with Crippen LogP contribution in [-0.4, -0.2) is 31.1 Å². The van der Waals surface area contributed by atoms with E-state index in [0.29, 0.717) is 13.0 Å². The van der Waals surface area contributed by atoms with Gasteiger partial charge in [0.2, 0.25) is 0 Å². The van der Waals surface area contributed by atoms with Gasteiger partial charge in [0.15, 0.2) is 0 Å². The molecule has 0 atom stereocenters. The van der Waals surface area contributed by atoms with Gasteiger partial charge in [0.1, 0.15) is 0 Å².